The predicted molar refractivity (Wildman–Crippen MR) is 130 cm³/mol. The van der Waals surface area contributed by atoms with E-state index < -0.39 is 0 Å². The fourth-order valence-corrected chi connectivity index (χ4v) is 3.25. The van der Waals surface area contributed by atoms with Crippen molar-refractivity contribution in [2.45, 2.75) is 20.5 Å². The molecule has 0 aliphatic heterocycles. The number of anilines is 4. The van der Waals surface area contributed by atoms with Gasteiger partial charge in [-0.2, -0.15) is 15.5 Å². The minimum absolute atomic E-state index is 0.307. The number of rotatable bonds is 9. The molecule has 7 heteroatoms. The number of hydrogen-bond acceptors (Lipinski definition) is 7. The molecular weight excluding hydrogens is 412 g/mol. The highest BCUT2D eigenvalue weighted by atomic mass is 16.5. The lowest BCUT2D eigenvalue weighted by Crippen LogP contribution is -2.06. The number of aromatic nitrogens is 2. The third-order valence-corrected chi connectivity index (χ3v) is 4.69. The first-order valence-corrected chi connectivity index (χ1v) is 10.3. The van der Waals surface area contributed by atoms with E-state index in [0.29, 0.717) is 36.2 Å². The molecule has 0 unspecified atom stereocenters. The molecule has 0 bridgehead atoms. The van der Waals surface area contributed by atoms with Gasteiger partial charge in [-0.3, -0.25) is 0 Å². The zero-order valence-electron chi connectivity index (χ0n) is 18.6. The van der Waals surface area contributed by atoms with E-state index in [9.17, 15) is 0 Å². The van der Waals surface area contributed by atoms with Gasteiger partial charge in [0.15, 0.2) is 0 Å². The summed E-state index contributed by atoms with van der Waals surface area (Å²) >= 11 is 0. The van der Waals surface area contributed by atoms with E-state index >= 15 is 0 Å². The van der Waals surface area contributed by atoms with Gasteiger partial charge in [-0.1, -0.05) is 6.08 Å². The molecule has 0 atom stereocenters. The first-order valence-electron chi connectivity index (χ1n) is 10.3. The lowest BCUT2D eigenvalue weighted by Gasteiger charge is -2.15. The molecule has 0 aliphatic rings. The Kier molecular flexibility index (Phi) is 7.91. The van der Waals surface area contributed by atoms with Crippen LogP contribution in [0.25, 0.3) is 6.08 Å². The van der Waals surface area contributed by atoms with Crippen molar-refractivity contribution in [2.75, 3.05) is 17.2 Å². The highest BCUT2D eigenvalue weighted by Crippen LogP contribution is 2.27. The van der Waals surface area contributed by atoms with Crippen LogP contribution in [0.1, 0.15) is 27.9 Å². The monoisotopic (exact) mass is 436 g/mol. The highest BCUT2D eigenvalue weighted by molar-refractivity contribution is 5.69. The molecule has 2 aromatic carbocycles. The quantitative estimate of drug-likeness (QED) is 0.252. The average molecular weight is 437 g/mol. The summed E-state index contributed by atoms with van der Waals surface area (Å²) in [5, 5.41) is 24.4. The standard InChI is InChI=1S/C26H24N6O/c1-4-12-33-17-23-15-24(31-25-18(2)13-21(6-5-11-27)14-19(25)3)32-26(30-23)29-22-9-7-20(16-28)8-10-22/h4-10,13-15H,1,12,17H2,2-3H3,(H2,29,30,31,32). The number of aryl methyl sites for hydroxylation is 2. The Morgan fingerprint density at radius 3 is 2.39 bits per heavy atom. The molecule has 3 rings (SSSR count). The SMILES string of the molecule is C=CCOCc1cc(Nc2c(C)cc(C=CC#N)cc2C)nc(Nc2ccc(C#N)cc2)n1. The number of nitrogens with one attached hydrogen (secondary N) is 2. The van der Waals surface area contributed by atoms with E-state index in [4.69, 9.17) is 15.3 Å². The summed E-state index contributed by atoms with van der Waals surface area (Å²) in [5.74, 6) is 1.02. The summed E-state index contributed by atoms with van der Waals surface area (Å²) in [6, 6.07) is 17.0. The molecule has 33 heavy (non-hydrogen) atoms. The van der Waals surface area contributed by atoms with E-state index in [0.717, 1.165) is 28.1 Å². The summed E-state index contributed by atoms with van der Waals surface area (Å²) in [4.78, 5) is 9.17. The van der Waals surface area contributed by atoms with Gasteiger partial charge in [0.25, 0.3) is 0 Å². The van der Waals surface area contributed by atoms with Crippen molar-refractivity contribution >= 4 is 29.2 Å². The number of benzene rings is 2. The zero-order valence-corrected chi connectivity index (χ0v) is 18.6. The van der Waals surface area contributed by atoms with Crippen LogP contribution >= 0.6 is 0 Å². The Balaban J connectivity index is 1.91. The average Bonchev–Trinajstić information content (AvgIpc) is 2.81. The molecule has 1 aromatic heterocycles. The van der Waals surface area contributed by atoms with Crippen molar-refractivity contribution in [1.82, 2.24) is 9.97 Å². The number of nitrogens with zero attached hydrogens (tertiary/aromatic N) is 4. The molecule has 1 heterocycles. The van der Waals surface area contributed by atoms with Crippen molar-refractivity contribution in [1.29, 1.82) is 10.5 Å². The number of hydrogen-bond donors (Lipinski definition) is 2. The Labute approximate surface area is 193 Å². The summed E-state index contributed by atoms with van der Waals surface area (Å²) in [5.41, 5.74) is 6.00. The Hall–Kier alpha value is -4.46. The van der Waals surface area contributed by atoms with Gasteiger partial charge in [-0.15, -0.1) is 6.58 Å². The van der Waals surface area contributed by atoms with Crippen LogP contribution in [0.15, 0.2) is 61.2 Å². The lowest BCUT2D eigenvalue weighted by atomic mass is 10.0. The molecule has 3 aromatic rings. The first-order chi connectivity index (χ1) is 16.0. The fraction of sp³-hybridized carbons (Fsp3) is 0.154. The van der Waals surface area contributed by atoms with Crippen LogP contribution in [0.5, 0.6) is 0 Å². The molecule has 7 nitrogen and oxygen atoms in total. The highest BCUT2D eigenvalue weighted by Gasteiger charge is 2.10. The number of allylic oxidation sites excluding steroid dienone is 1. The van der Waals surface area contributed by atoms with E-state index in [1.165, 1.54) is 6.08 Å². The topological polar surface area (TPSA) is 107 Å². The van der Waals surface area contributed by atoms with Gasteiger partial charge in [0, 0.05) is 23.5 Å². The number of nitriles is 2. The van der Waals surface area contributed by atoms with Gasteiger partial charge in [-0.25, -0.2) is 4.98 Å². The van der Waals surface area contributed by atoms with Crippen LogP contribution in [-0.2, 0) is 11.3 Å². The summed E-state index contributed by atoms with van der Waals surface area (Å²) in [7, 11) is 0. The maximum absolute atomic E-state index is 9.00. The zero-order chi connectivity index (χ0) is 23.6. The predicted octanol–water partition coefficient (Wildman–Crippen LogP) is 5.69. The van der Waals surface area contributed by atoms with Crippen molar-refractivity contribution in [2.24, 2.45) is 0 Å². The van der Waals surface area contributed by atoms with E-state index in [2.05, 4.69) is 33.2 Å². The van der Waals surface area contributed by atoms with Crippen molar-refractivity contribution in [3.8, 4) is 12.1 Å². The van der Waals surface area contributed by atoms with Gasteiger partial charge in [0.05, 0.1) is 36.6 Å². The maximum Gasteiger partial charge on any atom is 0.229 e. The number of ether oxygens (including phenoxy) is 1. The minimum Gasteiger partial charge on any atom is -0.371 e. The van der Waals surface area contributed by atoms with Crippen LogP contribution in [0.3, 0.4) is 0 Å². The third kappa shape index (κ3) is 6.51. The van der Waals surface area contributed by atoms with Gasteiger partial charge >= 0.3 is 0 Å². The second kappa shape index (κ2) is 11.2. The summed E-state index contributed by atoms with van der Waals surface area (Å²) < 4.78 is 5.58. The molecule has 164 valence electrons. The van der Waals surface area contributed by atoms with Crippen LogP contribution in [-0.4, -0.2) is 16.6 Å². The Morgan fingerprint density at radius 2 is 1.76 bits per heavy atom. The van der Waals surface area contributed by atoms with Crippen LogP contribution in [0, 0.1) is 36.5 Å². The first kappa shape index (κ1) is 23.2. The molecule has 0 saturated carbocycles. The molecule has 0 fully saturated rings. The summed E-state index contributed by atoms with van der Waals surface area (Å²) in [6.07, 6.45) is 4.93. The van der Waals surface area contributed by atoms with E-state index in [1.807, 2.05) is 38.1 Å². The van der Waals surface area contributed by atoms with Crippen LogP contribution < -0.4 is 10.6 Å². The Bertz CT molecular complexity index is 1230. The van der Waals surface area contributed by atoms with Crippen LogP contribution in [0.2, 0.25) is 0 Å². The van der Waals surface area contributed by atoms with E-state index in [-0.39, 0.29) is 0 Å². The summed E-state index contributed by atoms with van der Waals surface area (Å²) in [6.45, 7) is 8.40. The maximum atomic E-state index is 9.00. The second-order valence-corrected chi connectivity index (χ2v) is 7.30. The lowest BCUT2D eigenvalue weighted by molar-refractivity contribution is 0.146. The normalized spacial score (nSPS) is 10.4. The minimum atomic E-state index is 0.307. The van der Waals surface area contributed by atoms with Crippen LogP contribution in [0.4, 0.5) is 23.1 Å². The molecule has 0 spiro atoms. The second-order valence-electron chi connectivity index (χ2n) is 7.30. The van der Waals surface area contributed by atoms with Gasteiger partial charge in [-0.05, 0) is 73.0 Å². The molecule has 0 saturated heterocycles. The van der Waals surface area contributed by atoms with Gasteiger partial charge in [0.1, 0.15) is 5.82 Å². The van der Waals surface area contributed by atoms with Gasteiger partial charge in [0.2, 0.25) is 5.95 Å². The van der Waals surface area contributed by atoms with E-state index in [1.54, 1.807) is 36.4 Å². The molecule has 0 aliphatic carbocycles. The fourth-order valence-electron chi connectivity index (χ4n) is 3.25. The van der Waals surface area contributed by atoms with Crippen molar-refractivity contribution in [3.05, 3.63) is 89.1 Å². The molecule has 0 amide bonds. The van der Waals surface area contributed by atoms with Gasteiger partial charge < -0.3 is 15.4 Å². The van der Waals surface area contributed by atoms with Crippen molar-refractivity contribution in [3.63, 3.8) is 0 Å². The largest absolute Gasteiger partial charge is 0.371 e. The smallest absolute Gasteiger partial charge is 0.229 e. The molecular formula is C26H24N6O. The molecule has 0 radical (unpaired) electrons. The Morgan fingerprint density at radius 1 is 1.03 bits per heavy atom. The van der Waals surface area contributed by atoms with Crippen molar-refractivity contribution < 1.29 is 4.74 Å². The third-order valence-electron chi connectivity index (χ3n) is 4.69. The molecule has 2 N–H and O–H groups in total.